The number of anilines is 1. The molecule has 0 spiro atoms. The number of carbonyl (C=O) groups is 1. The van der Waals surface area contributed by atoms with Crippen LogP contribution in [-0.2, 0) is 4.79 Å². The standard InChI is InChI=1S/C14H17BrN2O2S/c1-19-11-7-9(15)6-10(8-11)17-13(18)14(12(16)20)4-2-3-5-14/h6-8H,2-5H2,1H3,(H2,16,20)(H,17,18). The smallest absolute Gasteiger partial charge is 0.237 e. The molecule has 0 radical (unpaired) electrons. The Hall–Kier alpha value is -1.14. The van der Waals surface area contributed by atoms with Crippen LogP contribution in [0.15, 0.2) is 22.7 Å². The third-order valence-corrected chi connectivity index (χ3v) is 4.58. The monoisotopic (exact) mass is 356 g/mol. The molecule has 1 aliphatic carbocycles. The Morgan fingerprint density at radius 2 is 2.05 bits per heavy atom. The van der Waals surface area contributed by atoms with Crippen LogP contribution in [0.5, 0.6) is 5.75 Å². The molecule has 1 aromatic carbocycles. The average molecular weight is 357 g/mol. The van der Waals surface area contributed by atoms with E-state index in [9.17, 15) is 4.79 Å². The van der Waals surface area contributed by atoms with Crippen LogP contribution < -0.4 is 15.8 Å². The lowest BCUT2D eigenvalue weighted by Crippen LogP contribution is -2.43. The molecule has 20 heavy (non-hydrogen) atoms. The van der Waals surface area contributed by atoms with Crippen molar-refractivity contribution in [2.75, 3.05) is 12.4 Å². The summed E-state index contributed by atoms with van der Waals surface area (Å²) in [6.07, 6.45) is 3.40. The molecule has 4 nitrogen and oxygen atoms in total. The van der Waals surface area contributed by atoms with Crippen molar-refractivity contribution < 1.29 is 9.53 Å². The van der Waals surface area contributed by atoms with Crippen molar-refractivity contribution in [1.82, 2.24) is 0 Å². The second-order valence-corrected chi connectivity index (χ2v) is 6.34. The van der Waals surface area contributed by atoms with Gasteiger partial charge >= 0.3 is 0 Å². The van der Waals surface area contributed by atoms with Crippen LogP contribution in [0.25, 0.3) is 0 Å². The second kappa shape index (κ2) is 6.10. The van der Waals surface area contributed by atoms with E-state index in [0.717, 1.165) is 30.2 Å². The molecule has 0 heterocycles. The van der Waals surface area contributed by atoms with Gasteiger partial charge in [0.1, 0.15) is 5.75 Å². The van der Waals surface area contributed by atoms with Crippen LogP contribution in [0.4, 0.5) is 5.69 Å². The Kier molecular flexibility index (Phi) is 4.65. The lowest BCUT2D eigenvalue weighted by Gasteiger charge is -2.26. The molecule has 1 aliphatic rings. The molecule has 1 amide bonds. The van der Waals surface area contributed by atoms with Gasteiger partial charge in [-0.2, -0.15) is 0 Å². The van der Waals surface area contributed by atoms with Crippen molar-refractivity contribution in [2.24, 2.45) is 11.1 Å². The van der Waals surface area contributed by atoms with Crippen molar-refractivity contribution in [3.8, 4) is 5.75 Å². The number of benzene rings is 1. The number of thiocarbonyl (C=S) groups is 1. The minimum Gasteiger partial charge on any atom is -0.497 e. The van der Waals surface area contributed by atoms with E-state index in [0.29, 0.717) is 11.4 Å². The molecule has 6 heteroatoms. The molecular weight excluding hydrogens is 340 g/mol. The fourth-order valence-electron chi connectivity index (χ4n) is 2.57. The van der Waals surface area contributed by atoms with Crippen LogP contribution >= 0.6 is 28.1 Å². The number of hydrogen-bond donors (Lipinski definition) is 2. The molecule has 0 aromatic heterocycles. The fraction of sp³-hybridized carbons (Fsp3) is 0.429. The zero-order chi connectivity index (χ0) is 14.8. The molecule has 2 rings (SSSR count). The molecule has 0 unspecified atom stereocenters. The summed E-state index contributed by atoms with van der Waals surface area (Å²) in [4.78, 5) is 12.8. The Morgan fingerprint density at radius 1 is 1.40 bits per heavy atom. The number of hydrogen-bond acceptors (Lipinski definition) is 3. The van der Waals surface area contributed by atoms with Gasteiger partial charge < -0.3 is 15.8 Å². The summed E-state index contributed by atoms with van der Waals surface area (Å²) in [5.74, 6) is 0.549. The third kappa shape index (κ3) is 2.96. The van der Waals surface area contributed by atoms with E-state index in [1.807, 2.05) is 12.1 Å². The van der Waals surface area contributed by atoms with E-state index in [1.54, 1.807) is 13.2 Å². The van der Waals surface area contributed by atoms with Crippen LogP contribution in [0.2, 0.25) is 0 Å². The zero-order valence-electron chi connectivity index (χ0n) is 11.2. The van der Waals surface area contributed by atoms with E-state index in [2.05, 4.69) is 21.2 Å². The minimum atomic E-state index is -0.703. The third-order valence-electron chi connectivity index (χ3n) is 3.73. The predicted molar refractivity (Wildman–Crippen MR) is 87.0 cm³/mol. The van der Waals surface area contributed by atoms with Gasteiger partial charge in [0.25, 0.3) is 0 Å². The molecule has 0 atom stereocenters. The summed E-state index contributed by atoms with van der Waals surface area (Å²) < 4.78 is 6.02. The summed E-state index contributed by atoms with van der Waals surface area (Å²) in [6, 6.07) is 5.42. The SMILES string of the molecule is COc1cc(Br)cc(NC(=O)C2(C(N)=S)CCCC2)c1. The van der Waals surface area contributed by atoms with Crippen molar-refractivity contribution >= 4 is 44.7 Å². The maximum Gasteiger partial charge on any atom is 0.237 e. The second-order valence-electron chi connectivity index (χ2n) is 4.99. The molecule has 1 saturated carbocycles. The first-order chi connectivity index (χ1) is 9.48. The number of methoxy groups -OCH3 is 1. The van der Waals surface area contributed by atoms with Gasteiger partial charge in [-0.25, -0.2) is 0 Å². The number of halogens is 1. The van der Waals surface area contributed by atoms with Crippen molar-refractivity contribution in [2.45, 2.75) is 25.7 Å². The fourth-order valence-corrected chi connectivity index (χ4v) is 3.34. The van der Waals surface area contributed by atoms with Gasteiger partial charge in [-0.05, 0) is 25.0 Å². The summed E-state index contributed by atoms with van der Waals surface area (Å²) >= 11 is 8.51. The first-order valence-electron chi connectivity index (χ1n) is 6.44. The maximum absolute atomic E-state index is 12.6. The van der Waals surface area contributed by atoms with E-state index in [-0.39, 0.29) is 10.9 Å². The lowest BCUT2D eigenvalue weighted by atomic mass is 9.85. The highest BCUT2D eigenvalue weighted by Gasteiger charge is 2.43. The van der Waals surface area contributed by atoms with Gasteiger partial charge in [-0.1, -0.05) is 41.0 Å². The zero-order valence-corrected chi connectivity index (χ0v) is 13.6. The van der Waals surface area contributed by atoms with Crippen LogP contribution in [0, 0.1) is 5.41 Å². The molecule has 1 fully saturated rings. The molecule has 0 aliphatic heterocycles. The Balaban J connectivity index is 2.22. The quantitative estimate of drug-likeness (QED) is 0.812. The number of rotatable bonds is 4. The van der Waals surface area contributed by atoms with E-state index >= 15 is 0 Å². The molecule has 3 N–H and O–H groups in total. The van der Waals surface area contributed by atoms with Gasteiger partial charge in [0.05, 0.1) is 17.5 Å². The topological polar surface area (TPSA) is 64.3 Å². The molecule has 1 aromatic rings. The molecular formula is C14H17BrN2O2S. The Bertz CT molecular complexity index is 542. The number of ether oxygens (including phenoxy) is 1. The number of carbonyl (C=O) groups excluding carboxylic acids is 1. The van der Waals surface area contributed by atoms with Crippen LogP contribution in [-0.4, -0.2) is 18.0 Å². The summed E-state index contributed by atoms with van der Waals surface area (Å²) in [5.41, 5.74) is 5.78. The predicted octanol–water partition coefficient (Wildman–Crippen LogP) is 3.24. The maximum atomic E-state index is 12.6. The van der Waals surface area contributed by atoms with Gasteiger partial charge in [-0.3, -0.25) is 4.79 Å². The van der Waals surface area contributed by atoms with Crippen molar-refractivity contribution in [3.63, 3.8) is 0 Å². The highest BCUT2D eigenvalue weighted by atomic mass is 79.9. The molecule has 0 bridgehead atoms. The lowest BCUT2D eigenvalue weighted by molar-refractivity contribution is -0.122. The first-order valence-corrected chi connectivity index (χ1v) is 7.64. The highest BCUT2D eigenvalue weighted by Crippen LogP contribution is 2.39. The van der Waals surface area contributed by atoms with E-state index in [4.69, 9.17) is 22.7 Å². The molecule has 0 saturated heterocycles. The number of nitrogens with one attached hydrogen (secondary N) is 1. The van der Waals surface area contributed by atoms with Gasteiger partial charge in [-0.15, -0.1) is 0 Å². The first kappa shape index (κ1) is 15.3. The van der Waals surface area contributed by atoms with Crippen LogP contribution in [0.3, 0.4) is 0 Å². The van der Waals surface area contributed by atoms with Crippen molar-refractivity contribution in [1.29, 1.82) is 0 Å². The average Bonchev–Trinajstić information content (AvgIpc) is 2.88. The van der Waals surface area contributed by atoms with Crippen LogP contribution in [0.1, 0.15) is 25.7 Å². The summed E-state index contributed by atoms with van der Waals surface area (Å²) in [6.45, 7) is 0. The highest BCUT2D eigenvalue weighted by molar-refractivity contribution is 9.10. The Morgan fingerprint density at radius 3 is 2.60 bits per heavy atom. The summed E-state index contributed by atoms with van der Waals surface area (Å²) in [5, 5.41) is 2.91. The van der Waals surface area contributed by atoms with E-state index in [1.165, 1.54) is 0 Å². The largest absolute Gasteiger partial charge is 0.497 e. The Labute approximate surface area is 132 Å². The van der Waals surface area contributed by atoms with Crippen molar-refractivity contribution in [3.05, 3.63) is 22.7 Å². The van der Waals surface area contributed by atoms with Gasteiger partial charge in [0.2, 0.25) is 5.91 Å². The number of nitrogens with two attached hydrogens (primary N) is 1. The normalized spacial score (nSPS) is 16.7. The van der Waals surface area contributed by atoms with E-state index < -0.39 is 5.41 Å². The molecule has 108 valence electrons. The number of amides is 1. The summed E-state index contributed by atoms with van der Waals surface area (Å²) in [7, 11) is 1.58. The van der Waals surface area contributed by atoms with Gasteiger partial charge in [0, 0.05) is 16.2 Å². The van der Waals surface area contributed by atoms with Gasteiger partial charge in [0.15, 0.2) is 0 Å². The minimum absolute atomic E-state index is 0.123.